The highest BCUT2D eigenvalue weighted by molar-refractivity contribution is 5.87. The van der Waals surface area contributed by atoms with Crippen LogP contribution in [-0.4, -0.2) is 70.6 Å². The quantitative estimate of drug-likeness (QED) is 0.0281. The van der Waals surface area contributed by atoms with Gasteiger partial charge in [-0.15, -0.1) is 0 Å². The molecule has 0 aliphatic heterocycles. The van der Waals surface area contributed by atoms with Gasteiger partial charge in [-0.2, -0.15) is 0 Å². The average molecular weight is 943 g/mol. The lowest BCUT2D eigenvalue weighted by Gasteiger charge is -2.28. The van der Waals surface area contributed by atoms with Crippen molar-refractivity contribution in [2.75, 3.05) is 40.6 Å². The number of hydrogen-bond donors (Lipinski definition) is 2. The van der Waals surface area contributed by atoms with Crippen molar-refractivity contribution in [1.82, 2.24) is 0 Å². The molecule has 0 amide bonds. The summed E-state index contributed by atoms with van der Waals surface area (Å²) in [6.07, 6.45) is 37.4. The van der Waals surface area contributed by atoms with Crippen molar-refractivity contribution >= 4 is 30.0 Å². The largest absolute Gasteiger partial charge is 0.494 e. The van der Waals surface area contributed by atoms with Gasteiger partial charge >= 0.3 is 23.9 Å². The molecule has 1 aromatic rings. The molecule has 0 bridgehead atoms. The van der Waals surface area contributed by atoms with Crippen LogP contribution in [0.2, 0.25) is 0 Å². The van der Waals surface area contributed by atoms with Crippen molar-refractivity contribution in [3.05, 3.63) is 131 Å². The van der Waals surface area contributed by atoms with Crippen molar-refractivity contribution in [2.45, 2.75) is 137 Å². The summed E-state index contributed by atoms with van der Waals surface area (Å²) in [4.78, 5) is 47.9. The molecule has 3 rings (SSSR count). The number of methoxy groups -OCH3 is 2. The van der Waals surface area contributed by atoms with Gasteiger partial charge < -0.3 is 39.9 Å². The minimum Gasteiger partial charge on any atom is -0.494 e. The normalized spacial score (nSPS) is 17.0. The SMILES string of the molecule is CC.CC/C=C(N)\C=C/CCC(C)(COC(=O)CCCCCOC1=CC=C(/C=C/C(=O)OC)CC=C1)COC(=O)CCCCCOc1ccc(/C=C/C(=O)OC)cc1.CC1=C/CCC(N)C/C=C\1. The van der Waals surface area contributed by atoms with E-state index < -0.39 is 17.4 Å². The first-order valence-electron chi connectivity index (χ1n) is 24.3. The Labute approximate surface area is 407 Å². The number of hydrogen-bond acceptors (Lipinski definition) is 12. The van der Waals surface area contributed by atoms with Crippen LogP contribution in [0.4, 0.5) is 0 Å². The highest BCUT2D eigenvalue weighted by Crippen LogP contribution is 2.26. The van der Waals surface area contributed by atoms with Gasteiger partial charge in [0.25, 0.3) is 0 Å². The van der Waals surface area contributed by atoms with E-state index in [0.29, 0.717) is 69.9 Å². The van der Waals surface area contributed by atoms with Gasteiger partial charge in [-0.25, -0.2) is 9.59 Å². The maximum atomic E-state index is 12.7. The Bertz CT molecular complexity index is 1900. The molecule has 4 N–H and O–H groups in total. The molecule has 0 spiro atoms. The number of benzene rings is 1. The maximum Gasteiger partial charge on any atom is 0.330 e. The van der Waals surface area contributed by atoms with Crippen molar-refractivity contribution in [3.63, 3.8) is 0 Å². The van der Waals surface area contributed by atoms with Gasteiger partial charge in [0.05, 0.1) is 40.6 Å². The zero-order valence-corrected chi connectivity index (χ0v) is 42.1. The molecule has 0 radical (unpaired) electrons. The van der Waals surface area contributed by atoms with Gasteiger partial charge in [-0.3, -0.25) is 9.59 Å². The van der Waals surface area contributed by atoms with Crippen molar-refractivity contribution in [2.24, 2.45) is 16.9 Å². The fourth-order valence-corrected chi connectivity index (χ4v) is 6.41. The van der Waals surface area contributed by atoms with Crippen molar-refractivity contribution in [3.8, 4) is 5.75 Å². The minimum absolute atomic E-state index is 0.140. The number of nitrogens with two attached hydrogens (primary N) is 2. The summed E-state index contributed by atoms with van der Waals surface area (Å²) < 4.78 is 32.3. The van der Waals surface area contributed by atoms with Crippen LogP contribution >= 0.6 is 0 Å². The van der Waals surface area contributed by atoms with Crippen LogP contribution < -0.4 is 16.2 Å². The van der Waals surface area contributed by atoms with Crippen LogP contribution in [0.25, 0.3) is 6.08 Å². The highest BCUT2D eigenvalue weighted by Gasteiger charge is 2.28. The predicted octanol–water partition coefficient (Wildman–Crippen LogP) is 11.6. The second kappa shape index (κ2) is 38.1. The number of esters is 4. The summed E-state index contributed by atoms with van der Waals surface area (Å²) >= 11 is 0. The first-order chi connectivity index (χ1) is 32.8. The summed E-state index contributed by atoms with van der Waals surface area (Å²) in [6.45, 7) is 11.4. The van der Waals surface area contributed by atoms with Crippen LogP contribution in [0.5, 0.6) is 5.75 Å². The smallest absolute Gasteiger partial charge is 0.330 e. The third kappa shape index (κ3) is 31.2. The van der Waals surface area contributed by atoms with Crippen LogP contribution in [0.3, 0.4) is 0 Å². The third-order valence-electron chi connectivity index (χ3n) is 10.5. The standard InChI is InChI=1S/C45H61NO10.C9H15N.C2H6/c1-5-15-38(46)17-10-11-31-45(2,35-56-44(50)20-9-7-13-33-54-40-27-22-37(23-28-40)25-30-42(48)52-4)34-55-43(49)19-8-6-12-32-53-39-18-14-16-36(21-26-39)24-29-41(47)51-3;1-8-4-2-6-9(10)7-3-5-8;1-2/h10,14-15,17-18,21-30H,5-9,11-13,16,19-20,31-35,46H2,1-4H3;2,4-5,9H,3,6-7,10H2,1H3;1-2H3/b17-10-,29-24+,30-25+,38-15+;4-2-,8-5-;. The van der Waals surface area contributed by atoms with E-state index in [9.17, 15) is 19.2 Å². The Morgan fingerprint density at radius 1 is 0.779 bits per heavy atom. The fraction of sp³-hybridized carbons (Fsp3) is 0.500. The molecule has 0 fully saturated rings. The first-order valence-corrected chi connectivity index (χ1v) is 24.3. The summed E-state index contributed by atoms with van der Waals surface area (Å²) in [5.74, 6) is 0.0895. The minimum atomic E-state index is -0.561. The van der Waals surface area contributed by atoms with Crippen molar-refractivity contribution < 1.29 is 47.6 Å². The molecule has 12 heteroatoms. The second-order valence-corrected chi connectivity index (χ2v) is 16.6. The van der Waals surface area contributed by atoms with E-state index in [1.165, 1.54) is 31.9 Å². The van der Waals surface area contributed by atoms with Gasteiger partial charge in [0.1, 0.15) is 11.5 Å². The number of unbranched alkanes of at least 4 members (excludes halogenated alkanes) is 4. The Morgan fingerprint density at radius 2 is 1.40 bits per heavy atom. The molecular formula is C56H82N2O10. The molecule has 0 saturated heterocycles. The molecule has 0 heterocycles. The summed E-state index contributed by atoms with van der Waals surface area (Å²) in [6, 6.07) is 7.77. The van der Waals surface area contributed by atoms with Gasteiger partial charge in [0, 0.05) is 42.1 Å². The van der Waals surface area contributed by atoms with Gasteiger partial charge in [0.15, 0.2) is 0 Å². The molecule has 2 unspecified atom stereocenters. The number of carbonyl (C=O) groups excluding carboxylic acids is 4. The number of carbonyl (C=O) groups is 4. The highest BCUT2D eigenvalue weighted by atomic mass is 16.5. The average Bonchev–Trinajstić information content (AvgIpc) is 3.58. The van der Waals surface area contributed by atoms with E-state index in [0.717, 1.165) is 74.0 Å². The number of allylic oxidation sites excluding steroid dienone is 12. The van der Waals surface area contributed by atoms with Crippen LogP contribution in [0.15, 0.2) is 126 Å². The fourth-order valence-electron chi connectivity index (χ4n) is 6.41. The first kappa shape index (κ1) is 60.1. The molecule has 12 nitrogen and oxygen atoms in total. The molecule has 376 valence electrons. The zero-order valence-electron chi connectivity index (χ0n) is 42.1. The van der Waals surface area contributed by atoms with Gasteiger partial charge in [-0.1, -0.05) is 94.0 Å². The maximum absolute atomic E-state index is 12.7. The van der Waals surface area contributed by atoms with E-state index in [2.05, 4.69) is 34.6 Å². The lowest BCUT2D eigenvalue weighted by Crippen LogP contribution is -2.31. The Morgan fingerprint density at radius 3 is 2.01 bits per heavy atom. The van der Waals surface area contributed by atoms with E-state index in [1.807, 2.05) is 94.5 Å². The monoisotopic (exact) mass is 943 g/mol. The van der Waals surface area contributed by atoms with Gasteiger partial charge in [0.2, 0.25) is 0 Å². The topological polar surface area (TPSA) is 176 Å². The molecule has 2 aliphatic carbocycles. The van der Waals surface area contributed by atoms with E-state index >= 15 is 0 Å². The zero-order chi connectivity index (χ0) is 50.3. The second-order valence-electron chi connectivity index (χ2n) is 16.6. The predicted molar refractivity (Wildman–Crippen MR) is 274 cm³/mol. The Kier molecular flexibility index (Phi) is 33.7. The summed E-state index contributed by atoms with van der Waals surface area (Å²) in [5, 5.41) is 0. The summed E-state index contributed by atoms with van der Waals surface area (Å²) in [5.41, 5.74) is 15.1. The summed E-state index contributed by atoms with van der Waals surface area (Å²) in [7, 11) is 2.68. The molecular weight excluding hydrogens is 861 g/mol. The Hall–Kier alpha value is -5.88. The van der Waals surface area contributed by atoms with Crippen LogP contribution in [0.1, 0.15) is 136 Å². The third-order valence-corrected chi connectivity index (χ3v) is 10.5. The molecule has 2 atom stereocenters. The van der Waals surface area contributed by atoms with Gasteiger partial charge in [-0.05, 0) is 138 Å². The lowest BCUT2D eigenvalue weighted by molar-refractivity contribution is -0.154. The molecule has 68 heavy (non-hydrogen) atoms. The van der Waals surface area contributed by atoms with E-state index in [4.69, 9.17) is 30.4 Å². The lowest BCUT2D eigenvalue weighted by atomic mass is 9.87. The number of ether oxygens (including phenoxy) is 6. The van der Waals surface area contributed by atoms with E-state index in [-0.39, 0.29) is 25.2 Å². The molecule has 0 saturated carbocycles. The molecule has 0 aromatic heterocycles. The van der Waals surface area contributed by atoms with Crippen molar-refractivity contribution in [1.29, 1.82) is 0 Å². The molecule has 1 aromatic carbocycles. The van der Waals surface area contributed by atoms with Crippen LogP contribution in [-0.2, 0) is 42.9 Å². The molecule has 2 aliphatic rings. The Balaban J connectivity index is 0.00000168. The number of rotatable bonds is 27. The van der Waals surface area contributed by atoms with Crippen LogP contribution in [0, 0.1) is 5.41 Å². The van der Waals surface area contributed by atoms with E-state index in [1.54, 1.807) is 12.2 Å².